The van der Waals surface area contributed by atoms with Crippen molar-refractivity contribution in [1.29, 1.82) is 0 Å². The van der Waals surface area contributed by atoms with Gasteiger partial charge in [-0.3, -0.25) is 9.79 Å². The van der Waals surface area contributed by atoms with E-state index in [9.17, 15) is 4.79 Å². The molecule has 0 spiro atoms. The fraction of sp³-hybridized carbons (Fsp3) is 0.125. The first-order valence-electron chi connectivity index (χ1n) is 6.33. The molecule has 3 nitrogen and oxygen atoms in total. The number of likely N-dealkylation sites (N-methyl/N-ethyl adjacent to an activating group) is 1. The first-order chi connectivity index (χ1) is 9.66. The average Bonchev–Trinajstić information content (AvgIpc) is 2.58. The van der Waals surface area contributed by atoms with Crippen molar-refractivity contribution in [2.75, 3.05) is 18.5 Å². The maximum atomic E-state index is 12.0. The summed E-state index contributed by atoms with van der Waals surface area (Å²) >= 11 is 6.11. The standard InChI is InChI=1S/C16H13ClN2O.Ca.2H/c1-19-14-8-7-12(17)9-13(14)16(18-10-15(19)20)11-5-3-2-4-6-11;;;/h2-9H,10H2,1H3;;;/q;+2;2*-1. The fourth-order valence-electron chi connectivity index (χ4n) is 2.31. The van der Waals surface area contributed by atoms with Gasteiger partial charge in [0.2, 0.25) is 5.91 Å². The van der Waals surface area contributed by atoms with E-state index in [0.717, 1.165) is 22.5 Å². The molecule has 0 fully saturated rings. The molecule has 0 atom stereocenters. The second-order valence-electron chi connectivity index (χ2n) is 4.65. The van der Waals surface area contributed by atoms with Gasteiger partial charge < -0.3 is 7.75 Å². The van der Waals surface area contributed by atoms with Crippen LogP contribution >= 0.6 is 11.6 Å². The Hall–Kier alpha value is -0.870. The maximum Gasteiger partial charge on any atom is 2.00 e. The smallest absolute Gasteiger partial charge is 1.00 e. The van der Waals surface area contributed by atoms with Gasteiger partial charge in [-0.05, 0) is 18.2 Å². The SMILES string of the molecule is CN1C(=O)CN=C(c2ccccc2)c2cc(Cl)ccc21.[Ca+2].[H-].[H-]. The molecule has 0 saturated heterocycles. The van der Waals surface area contributed by atoms with Crippen molar-refractivity contribution in [1.82, 2.24) is 0 Å². The quantitative estimate of drug-likeness (QED) is 0.741. The van der Waals surface area contributed by atoms with E-state index in [2.05, 4.69) is 4.99 Å². The number of hydrogen-bond donors (Lipinski definition) is 0. The molecule has 0 N–H and O–H groups in total. The number of benzene rings is 2. The predicted molar refractivity (Wildman–Crippen MR) is 89.8 cm³/mol. The number of amides is 1. The van der Waals surface area contributed by atoms with Crippen LogP contribution in [0.25, 0.3) is 0 Å². The van der Waals surface area contributed by atoms with Gasteiger partial charge >= 0.3 is 37.7 Å². The average molecular weight is 327 g/mol. The number of fused-ring (bicyclic) bond motifs is 1. The normalized spacial score (nSPS) is 13.9. The Morgan fingerprint density at radius 1 is 1.19 bits per heavy atom. The van der Waals surface area contributed by atoms with Crippen LogP contribution in [-0.4, -0.2) is 62.9 Å². The van der Waals surface area contributed by atoms with Crippen molar-refractivity contribution in [2.45, 2.75) is 0 Å². The summed E-state index contributed by atoms with van der Waals surface area (Å²) in [5.41, 5.74) is 3.51. The first kappa shape index (κ1) is 16.5. The molecule has 2 aromatic rings. The summed E-state index contributed by atoms with van der Waals surface area (Å²) in [5.74, 6) is -0.0282. The molecule has 0 aliphatic carbocycles. The molecule has 0 unspecified atom stereocenters. The third kappa shape index (κ3) is 3.32. The molecule has 1 heterocycles. The minimum Gasteiger partial charge on any atom is -1.00 e. The van der Waals surface area contributed by atoms with Gasteiger partial charge in [0.1, 0.15) is 6.54 Å². The van der Waals surface area contributed by atoms with Crippen LogP contribution in [0.1, 0.15) is 14.0 Å². The first-order valence-corrected chi connectivity index (χ1v) is 6.71. The van der Waals surface area contributed by atoms with Gasteiger partial charge in [0.05, 0.1) is 11.4 Å². The molecule has 0 aromatic heterocycles. The summed E-state index contributed by atoms with van der Waals surface area (Å²) in [6, 6.07) is 15.3. The van der Waals surface area contributed by atoms with Crippen LogP contribution < -0.4 is 4.90 Å². The third-order valence-corrected chi connectivity index (χ3v) is 3.60. The zero-order valence-electron chi connectivity index (χ0n) is 13.7. The van der Waals surface area contributed by atoms with Crippen molar-refractivity contribution < 1.29 is 7.65 Å². The van der Waals surface area contributed by atoms with Gasteiger partial charge in [-0.15, -0.1) is 0 Å². The molecular weight excluding hydrogens is 312 g/mol. The summed E-state index contributed by atoms with van der Waals surface area (Å²) in [7, 11) is 1.76. The number of aliphatic imine (C=N–C) groups is 1. The number of carbonyl (C=O) groups excluding carboxylic acids is 1. The Bertz CT molecular complexity index is 710. The van der Waals surface area contributed by atoms with E-state index in [1.807, 2.05) is 42.5 Å². The van der Waals surface area contributed by atoms with E-state index in [1.165, 1.54) is 0 Å². The summed E-state index contributed by atoms with van der Waals surface area (Å²) in [5, 5.41) is 0.634. The summed E-state index contributed by atoms with van der Waals surface area (Å²) in [6.07, 6.45) is 0. The topological polar surface area (TPSA) is 32.7 Å². The summed E-state index contributed by atoms with van der Waals surface area (Å²) in [4.78, 5) is 18.1. The summed E-state index contributed by atoms with van der Waals surface area (Å²) in [6.45, 7) is 0.146. The Kier molecular flexibility index (Phi) is 5.44. The Labute approximate surface area is 161 Å². The Balaban J connectivity index is 0.00000161. The van der Waals surface area contributed by atoms with Crippen LogP contribution in [0, 0.1) is 0 Å². The molecule has 104 valence electrons. The van der Waals surface area contributed by atoms with E-state index < -0.39 is 0 Å². The van der Waals surface area contributed by atoms with Crippen LogP contribution in [0.4, 0.5) is 5.69 Å². The molecule has 5 heteroatoms. The molecule has 21 heavy (non-hydrogen) atoms. The van der Waals surface area contributed by atoms with E-state index in [1.54, 1.807) is 18.0 Å². The van der Waals surface area contributed by atoms with E-state index in [4.69, 9.17) is 11.6 Å². The van der Waals surface area contributed by atoms with Gasteiger partial charge in [-0.1, -0.05) is 41.9 Å². The van der Waals surface area contributed by atoms with Crippen LogP contribution in [0.5, 0.6) is 0 Å². The number of halogens is 1. The summed E-state index contributed by atoms with van der Waals surface area (Å²) < 4.78 is 0. The molecule has 1 amide bonds. The maximum absolute atomic E-state index is 12.0. The number of hydrogen-bond acceptors (Lipinski definition) is 2. The van der Waals surface area contributed by atoms with E-state index >= 15 is 0 Å². The zero-order valence-corrected chi connectivity index (χ0v) is 14.7. The third-order valence-electron chi connectivity index (χ3n) is 3.37. The molecule has 1 aliphatic heterocycles. The molecular formula is C16H15CaClN2O. The van der Waals surface area contributed by atoms with Crippen LogP contribution in [0.15, 0.2) is 53.5 Å². The van der Waals surface area contributed by atoms with Crippen molar-refractivity contribution in [3.63, 3.8) is 0 Å². The number of anilines is 1. The molecule has 0 bridgehead atoms. The van der Waals surface area contributed by atoms with Crippen molar-refractivity contribution in [2.24, 2.45) is 4.99 Å². The van der Waals surface area contributed by atoms with Gasteiger partial charge in [0.15, 0.2) is 0 Å². The Morgan fingerprint density at radius 2 is 1.90 bits per heavy atom. The van der Waals surface area contributed by atoms with Crippen LogP contribution in [-0.2, 0) is 4.79 Å². The molecule has 1 aliphatic rings. The molecule has 2 aromatic carbocycles. The molecule has 0 radical (unpaired) electrons. The van der Waals surface area contributed by atoms with Crippen molar-refractivity contribution in [3.05, 3.63) is 64.7 Å². The second kappa shape index (κ2) is 6.93. The minimum atomic E-state index is -0.0282. The van der Waals surface area contributed by atoms with Crippen molar-refractivity contribution >= 4 is 66.6 Å². The Morgan fingerprint density at radius 3 is 2.62 bits per heavy atom. The number of rotatable bonds is 1. The number of nitrogens with zero attached hydrogens (tertiary/aromatic N) is 2. The van der Waals surface area contributed by atoms with Crippen molar-refractivity contribution in [3.8, 4) is 0 Å². The zero-order chi connectivity index (χ0) is 14.1. The van der Waals surface area contributed by atoms with E-state index in [0.29, 0.717) is 5.02 Å². The van der Waals surface area contributed by atoms with E-state index in [-0.39, 0.29) is 53.0 Å². The van der Waals surface area contributed by atoms with Crippen LogP contribution in [0.2, 0.25) is 5.02 Å². The fourth-order valence-corrected chi connectivity index (χ4v) is 2.48. The van der Waals surface area contributed by atoms with Gasteiger partial charge in [0.25, 0.3) is 0 Å². The van der Waals surface area contributed by atoms with Gasteiger partial charge in [-0.25, -0.2) is 0 Å². The molecule has 3 rings (SSSR count). The van der Waals surface area contributed by atoms with Gasteiger partial charge in [0, 0.05) is 23.2 Å². The van der Waals surface area contributed by atoms with Gasteiger partial charge in [-0.2, -0.15) is 0 Å². The monoisotopic (exact) mass is 326 g/mol. The minimum absolute atomic E-state index is 0. The number of benzodiazepines with no additional fused rings is 1. The van der Waals surface area contributed by atoms with Crippen LogP contribution in [0.3, 0.4) is 0 Å². The molecule has 0 saturated carbocycles. The predicted octanol–water partition coefficient (Wildman–Crippen LogP) is 3.00. The largest absolute Gasteiger partial charge is 2.00 e. The second-order valence-corrected chi connectivity index (χ2v) is 5.08. The number of carbonyl (C=O) groups is 1.